The summed E-state index contributed by atoms with van der Waals surface area (Å²) in [7, 11) is 0. The number of nitrogens with zero attached hydrogens (tertiary/aromatic N) is 4. The normalized spacial score (nSPS) is 27.5. The van der Waals surface area contributed by atoms with Crippen molar-refractivity contribution in [2.75, 3.05) is 39.4 Å². The summed E-state index contributed by atoms with van der Waals surface area (Å²) in [6.07, 6.45) is 7.64. The zero-order chi connectivity index (χ0) is 21.1. The molecule has 0 unspecified atom stereocenters. The number of ether oxygens (including phenoxy) is 1. The number of amides is 1. The van der Waals surface area contributed by atoms with E-state index in [-0.39, 0.29) is 36.1 Å². The van der Waals surface area contributed by atoms with Crippen molar-refractivity contribution in [3.8, 4) is 10.8 Å². The molecule has 182 valence electrons. The molecule has 0 spiro atoms. The maximum atomic E-state index is 13.5. The molecule has 3 fully saturated rings. The Hall–Kier alpha value is -1.36. The number of halogens is 2. The number of morpholine rings is 1. The smallest absolute Gasteiger partial charge is 0.228 e. The van der Waals surface area contributed by atoms with Crippen LogP contribution in [0.3, 0.4) is 0 Å². The third-order valence-corrected chi connectivity index (χ3v) is 8.01. The number of hydrogen-bond donors (Lipinski definition) is 2. The molecule has 0 radical (unpaired) electrons. The quantitative estimate of drug-likeness (QED) is 0.633. The lowest BCUT2D eigenvalue weighted by molar-refractivity contribution is -0.140. The maximum Gasteiger partial charge on any atom is 0.228 e. The highest BCUT2D eigenvalue weighted by Crippen LogP contribution is 2.46. The van der Waals surface area contributed by atoms with Crippen molar-refractivity contribution >= 4 is 42.1 Å². The molecule has 5 rings (SSSR count). The van der Waals surface area contributed by atoms with Gasteiger partial charge in [0.05, 0.1) is 30.9 Å². The van der Waals surface area contributed by atoms with Crippen LogP contribution in [0.25, 0.3) is 10.8 Å². The highest BCUT2D eigenvalue weighted by atomic mass is 35.5. The van der Waals surface area contributed by atoms with Gasteiger partial charge in [0.1, 0.15) is 0 Å². The van der Waals surface area contributed by atoms with Crippen molar-refractivity contribution in [1.82, 2.24) is 30.5 Å². The van der Waals surface area contributed by atoms with Gasteiger partial charge in [-0.15, -0.1) is 36.2 Å². The molecular formula is C22H32Cl2N6O2S. The Morgan fingerprint density at radius 1 is 1.24 bits per heavy atom. The molecule has 1 saturated carbocycles. The van der Waals surface area contributed by atoms with Crippen LogP contribution in [0.1, 0.15) is 31.4 Å². The molecular weight excluding hydrogens is 483 g/mol. The van der Waals surface area contributed by atoms with Crippen LogP contribution in [-0.4, -0.2) is 71.2 Å². The first-order chi connectivity index (χ1) is 15.2. The second kappa shape index (κ2) is 11.9. The van der Waals surface area contributed by atoms with Crippen LogP contribution in [0.2, 0.25) is 0 Å². The fraction of sp³-hybridized carbons (Fsp3) is 0.636. The summed E-state index contributed by atoms with van der Waals surface area (Å²) in [5, 5.41) is 9.47. The molecule has 8 nitrogen and oxygen atoms in total. The highest BCUT2D eigenvalue weighted by Gasteiger charge is 2.50. The van der Waals surface area contributed by atoms with Crippen molar-refractivity contribution in [1.29, 1.82) is 0 Å². The number of rotatable bonds is 5. The Balaban J connectivity index is 0.00000153. The van der Waals surface area contributed by atoms with Gasteiger partial charge < -0.3 is 15.4 Å². The van der Waals surface area contributed by atoms with Crippen LogP contribution in [0.5, 0.6) is 0 Å². The Labute approximate surface area is 211 Å². The minimum atomic E-state index is -0.303. The minimum Gasteiger partial charge on any atom is -0.379 e. The fourth-order valence-corrected chi connectivity index (χ4v) is 6.18. The van der Waals surface area contributed by atoms with Crippen LogP contribution in [0, 0.1) is 11.3 Å². The lowest BCUT2D eigenvalue weighted by atomic mass is 9.61. The number of nitrogens with one attached hydrogen (secondary N) is 2. The van der Waals surface area contributed by atoms with E-state index in [9.17, 15) is 4.79 Å². The molecule has 0 bridgehead atoms. The lowest BCUT2D eigenvalue weighted by Gasteiger charge is -2.50. The summed E-state index contributed by atoms with van der Waals surface area (Å²) in [6, 6.07) is 2.37. The second-order valence-corrected chi connectivity index (χ2v) is 9.65. The first-order valence-electron chi connectivity index (χ1n) is 11.3. The summed E-state index contributed by atoms with van der Waals surface area (Å²) in [5.41, 5.74) is 0.558. The topological polar surface area (TPSA) is 92.3 Å². The van der Waals surface area contributed by atoms with Gasteiger partial charge in [-0.25, -0.2) is 15.0 Å². The Bertz CT molecular complexity index is 898. The second-order valence-electron chi connectivity index (χ2n) is 8.79. The molecule has 1 aliphatic carbocycles. The predicted octanol–water partition coefficient (Wildman–Crippen LogP) is 2.54. The number of hydrogen-bond acceptors (Lipinski definition) is 8. The van der Waals surface area contributed by atoms with Gasteiger partial charge in [0.15, 0.2) is 10.8 Å². The van der Waals surface area contributed by atoms with E-state index >= 15 is 0 Å². The number of fused-ring (bicyclic) bond motifs is 1. The molecule has 2 aromatic rings. The van der Waals surface area contributed by atoms with Gasteiger partial charge in [-0.2, -0.15) is 0 Å². The first-order valence-corrected chi connectivity index (χ1v) is 12.2. The van der Waals surface area contributed by atoms with Gasteiger partial charge in [0, 0.05) is 43.4 Å². The van der Waals surface area contributed by atoms with Crippen molar-refractivity contribution in [3.63, 3.8) is 0 Å². The molecule has 1 amide bonds. The minimum absolute atomic E-state index is 0. The average Bonchev–Trinajstić information content (AvgIpc) is 3.32. The van der Waals surface area contributed by atoms with Crippen LogP contribution >= 0.6 is 36.2 Å². The van der Waals surface area contributed by atoms with E-state index in [1.807, 2.05) is 5.38 Å². The van der Waals surface area contributed by atoms with E-state index in [4.69, 9.17) is 4.74 Å². The molecule has 2 aliphatic heterocycles. The number of piperidine rings is 1. The summed E-state index contributed by atoms with van der Waals surface area (Å²) < 4.78 is 5.53. The molecule has 0 aromatic carbocycles. The lowest BCUT2D eigenvalue weighted by Crippen LogP contribution is -2.60. The molecule has 2 aromatic heterocycles. The number of carbonyl (C=O) groups excluding carboxylic acids is 1. The first kappa shape index (κ1) is 26.2. The van der Waals surface area contributed by atoms with Crippen molar-refractivity contribution in [2.24, 2.45) is 11.3 Å². The third-order valence-electron chi connectivity index (χ3n) is 7.12. The standard InChI is InChI=1S/C22H30N6O2S.2ClH/c29-21(26-13-17-14-31-20(27-17)19-24-5-1-6-25-19)22-4-2-18(28-8-10-30-11-9-28)12-16(22)3-7-23-15-22;;/h1,5-6,14,16,18,23H,2-4,7-13,15H2,(H,26,29);2*1H/t16-,18-,22-;;/m1../s1. The predicted molar refractivity (Wildman–Crippen MR) is 133 cm³/mol. The zero-order valence-corrected chi connectivity index (χ0v) is 21.0. The van der Waals surface area contributed by atoms with E-state index in [2.05, 4.69) is 30.5 Å². The summed E-state index contributed by atoms with van der Waals surface area (Å²) >= 11 is 1.51. The number of carbonyl (C=O) groups is 1. The van der Waals surface area contributed by atoms with Gasteiger partial charge in [0.2, 0.25) is 5.91 Å². The van der Waals surface area contributed by atoms with Gasteiger partial charge in [-0.05, 0) is 44.2 Å². The molecule has 33 heavy (non-hydrogen) atoms. The summed E-state index contributed by atoms with van der Waals surface area (Å²) in [5.74, 6) is 1.23. The molecule has 2 N–H and O–H groups in total. The third kappa shape index (κ3) is 5.66. The van der Waals surface area contributed by atoms with Crippen LogP contribution in [0.4, 0.5) is 0 Å². The van der Waals surface area contributed by atoms with E-state index < -0.39 is 0 Å². The van der Waals surface area contributed by atoms with Crippen LogP contribution < -0.4 is 10.6 Å². The molecule has 3 aliphatic rings. The van der Waals surface area contributed by atoms with E-state index in [1.165, 1.54) is 11.3 Å². The summed E-state index contributed by atoms with van der Waals surface area (Å²) in [4.78, 5) is 29.2. The van der Waals surface area contributed by atoms with E-state index in [1.54, 1.807) is 18.5 Å². The van der Waals surface area contributed by atoms with Crippen LogP contribution in [-0.2, 0) is 16.1 Å². The van der Waals surface area contributed by atoms with Crippen molar-refractivity contribution in [3.05, 3.63) is 29.5 Å². The SMILES string of the molecule is Cl.Cl.O=C(NCc1csc(-c2ncccn2)n1)[C@@]12CC[C@@H](N3CCOCC3)C[C@H]1CCNC2. The monoisotopic (exact) mass is 514 g/mol. The van der Waals surface area contributed by atoms with Gasteiger partial charge in [-0.1, -0.05) is 0 Å². The van der Waals surface area contributed by atoms with Crippen LogP contribution in [0.15, 0.2) is 23.8 Å². The Kier molecular flexibility index (Phi) is 9.43. The van der Waals surface area contributed by atoms with Gasteiger partial charge in [0.25, 0.3) is 0 Å². The molecule has 11 heteroatoms. The summed E-state index contributed by atoms with van der Waals surface area (Å²) in [6.45, 7) is 5.93. The highest BCUT2D eigenvalue weighted by molar-refractivity contribution is 7.13. The molecule has 3 atom stereocenters. The van der Waals surface area contributed by atoms with Gasteiger partial charge in [-0.3, -0.25) is 9.69 Å². The molecule has 4 heterocycles. The van der Waals surface area contributed by atoms with Crippen molar-refractivity contribution < 1.29 is 9.53 Å². The number of thiazole rings is 1. The maximum absolute atomic E-state index is 13.5. The van der Waals surface area contributed by atoms with Crippen molar-refractivity contribution in [2.45, 2.75) is 38.3 Å². The van der Waals surface area contributed by atoms with Gasteiger partial charge >= 0.3 is 0 Å². The largest absolute Gasteiger partial charge is 0.379 e. The number of aromatic nitrogens is 3. The Morgan fingerprint density at radius 3 is 2.82 bits per heavy atom. The fourth-order valence-electron chi connectivity index (χ4n) is 5.42. The average molecular weight is 516 g/mol. The van der Waals surface area contributed by atoms with E-state index in [0.29, 0.717) is 24.3 Å². The Morgan fingerprint density at radius 2 is 2.03 bits per heavy atom. The van der Waals surface area contributed by atoms with E-state index in [0.717, 1.165) is 75.8 Å². The molecule has 2 saturated heterocycles. The zero-order valence-electron chi connectivity index (χ0n) is 18.6.